The lowest BCUT2D eigenvalue weighted by Gasteiger charge is -2.25. The van der Waals surface area contributed by atoms with E-state index in [4.69, 9.17) is 9.05 Å². The van der Waals surface area contributed by atoms with Crippen molar-refractivity contribution in [1.82, 2.24) is 5.32 Å². The molecule has 0 aromatic heterocycles. The molecule has 0 radical (unpaired) electrons. The van der Waals surface area contributed by atoms with Gasteiger partial charge in [-0.15, -0.1) is 0 Å². The van der Waals surface area contributed by atoms with Crippen LogP contribution in [-0.4, -0.2) is 73.4 Å². The highest BCUT2D eigenvalue weighted by atomic mass is 31.2. The number of phosphoric ester groups is 1. The molecule has 0 aliphatic rings. The smallest absolute Gasteiger partial charge is 0.387 e. The van der Waals surface area contributed by atoms with Crippen LogP contribution in [0.2, 0.25) is 0 Å². The molecule has 8 nitrogen and oxygen atoms in total. The van der Waals surface area contributed by atoms with Gasteiger partial charge in [-0.05, 0) is 109 Å². The SMILES string of the molecule is CC/C=C\C/C=C\C/C=C\C/C=C\C/C=C\C/C=C\C/C=C\C/C=C\CCCCCCCCCCC(=O)NC(COP(=O)(O)OCC[N+](C)(C)C)C(O)/C=C/CC/C=C/CC/C=C/CCCCCCCCCCCC. The van der Waals surface area contributed by atoms with Gasteiger partial charge in [0.05, 0.1) is 39.9 Å². The number of allylic oxidation sites excluding steroid dienone is 21. The van der Waals surface area contributed by atoms with Crippen LogP contribution < -0.4 is 5.32 Å². The monoisotopic (exact) mass is 1060 g/mol. The minimum atomic E-state index is -4.37. The number of amides is 1. The third-order valence-electron chi connectivity index (χ3n) is 12.6. The maximum absolute atomic E-state index is 13.0. The lowest BCUT2D eigenvalue weighted by atomic mass is 10.1. The number of aliphatic hydroxyl groups excluding tert-OH is 1. The third-order valence-corrected chi connectivity index (χ3v) is 13.6. The molecular formula is C66H114N2O6P+. The van der Waals surface area contributed by atoms with Crippen molar-refractivity contribution in [3.63, 3.8) is 0 Å². The standard InChI is InChI=1S/C66H113N2O6P/c1-6-8-10-12-14-16-18-20-22-24-26-28-29-30-31-32-33-34-35-36-37-38-39-40-42-44-46-48-50-52-54-56-58-60-66(70)67-64(63-74-75(71,72)73-62-61-68(3,4)5)65(69)59-57-55-53-51-49-47-45-43-41-27-25-23-21-19-17-15-13-11-9-7-2/h8,10,14,16,20,22,26,28,30-31,33-34,36-37,39-41,43,49,51,57,59,64-65,69H,6-7,9,11-13,15,17-19,21,23-25,27,29,32,35,38,42,44-48,50,52-56,58,60-63H2,1-5H3,(H-,67,70,71,72)/p+1/b10-8-,16-14-,22-20-,28-26-,31-30-,34-33-,37-36-,40-39-,43-41+,51-49+,59-57+. The highest BCUT2D eigenvalue weighted by Crippen LogP contribution is 2.43. The number of aliphatic hydroxyl groups is 1. The van der Waals surface area contributed by atoms with Crippen molar-refractivity contribution < 1.29 is 32.9 Å². The van der Waals surface area contributed by atoms with Crippen molar-refractivity contribution >= 4 is 13.7 Å². The van der Waals surface area contributed by atoms with Gasteiger partial charge in [0.15, 0.2) is 0 Å². The molecule has 3 unspecified atom stereocenters. The molecule has 0 spiro atoms. The molecule has 1 amide bonds. The normalized spacial score (nSPS) is 14.8. The minimum absolute atomic E-state index is 0.0447. The van der Waals surface area contributed by atoms with E-state index in [1.807, 2.05) is 27.2 Å². The highest BCUT2D eigenvalue weighted by Gasteiger charge is 2.27. The first-order valence-corrected chi connectivity index (χ1v) is 31.6. The predicted molar refractivity (Wildman–Crippen MR) is 327 cm³/mol. The maximum Gasteiger partial charge on any atom is 0.472 e. The summed E-state index contributed by atoms with van der Waals surface area (Å²) in [6.07, 6.45) is 84.1. The molecule has 0 aliphatic carbocycles. The molecule has 0 aromatic rings. The fraction of sp³-hybridized carbons (Fsp3) is 0.652. The fourth-order valence-corrected chi connectivity index (χ4v) is 8.65. The Labute approximate surface area is 462 Å². The van der Waals surface area contributed by atoms with Crippen LogP contribution in [0.5, 0.6) is 0 Å². The van der Waals surface area contributed by atoms with Crippen molar-refractivity contribution in [2.45, 2.75) is 238 Å². The van der Waals surface area contributed by atoms with Gasteiger partial charge in [0, 0.05) is 6.42 Å². The number of phosphoric acid groups is 1. The third kappa shape index (κ3) is 58.2. The molecule has 0 bridgehead atoms. The van der Waals surface area contributed by atoms with Crippen LogP contribution in [0.3, 0.4) is 0 Å². The number of unbranched alkanes of at least 4 members (excludes halogenated alkanes) is 20. The molecule has 0 aromatic carbocycles. The molecule has 0 fully saturated rings. The van der Waals surface area contributed by atoms with Gasteiger partial charge in [0.2, 0.25) is 5.91 Å². The average molecular weight is 1060 g/mol. The quantitative estimate of drug-likeness (QED) is 0.0243. The summed E-state index contributed by atoms with van der Waals surface area (Å²) in [4.78, 5) is 23.3. The summed E-state index contributed by atoms with van der Waals surface area (Å²) < 4.78 is 23.7. The van der Waals surface area contributed by atoms with E-state index in [1.165, 1.54) is 96.3 Å². The Bertz CT molecular complexity index is 1680. The number of nitrogens with one attached hydrogen (secondary N) is 1. The van der Waals surface area contributed by atoms with Crippen LogP contribution in [0.25, 0.3) is 0 Å². The fourth-order valence-electron chi connectivity index (χ4n) is 7.91. The molecule has 0 rings (SSSR count). The summed E-state index contributed by atoms with van der Waals surface area (Å²) in [5, 5.41) is 13.9. The Balaban J connectivity index is 4.29. The molecule has 75 heavy (non-hydrogen) atoms. The molecular weight excluding hydrogens is 948 g/mol. The lowest BCUT2D eigenvalue weighted by molar-refractivity contribution is -0.870. The number of carbonyl (C=O) groups excluding carboxylic acids is 1. The Hall–Kier alpha value is -3.36. The molecule has 0 saturated carbocycles. The van der Waals surface area contributed by atoms with Crippen LogP contribution in [0.15, 0.2) is 134 Å². The maximum atomic E-state index is 13.0. The van der Waals surface area contributed by atoms with Crippen molar-refractivity contribution in [1.29, 1.82) is 0 Å². The van der Waals surface area contributed by atoms with Crippen molar-refractivity contribution in [2.24, 2.45) is 0 Å². The zero-order valence-corrected chi connectivity index (χ0v) is 49.6. The van der Waals surface area contributed by atoms with Crippen LogP contribution in [0.1, 0.15) is 226 Å². The summed E-state index contributed by atoms with van der Waals surface area (Å²) in [5.74, 6) is -0.205. The Kier molecular flexibility index (Phi) is 52.9. The van der Waals surface area contributed by atoms with Crippen LogP contribution in [0, 0.1) is 0 Å². The van der Waals surface area contributed by atoms with Gasteiger partial charge in [0.1, 0.15) is 13.2 Å². The van der Waals surface area contributed by atoms with E-state index >= 15 is 0 Å². The molecule has 428 valence electrons. The predicted octanol–water partition coefficient (Wildman–Crippen LogP) is 18.7. The molecule has 9 heteroatoms. The van der Waals surface area contributed by atoms with Gasteiger partial charge in [-0.25, -0.2) is 4.57 Å². The number of likely N-dealkylation sites (N-methyl/N-ethyl adjacent to an activating group) is 1. The zero-order valence-electron chi connectivity index (χ0n) is 48.7. The topological polar surface area (TPSA) is 105 Å². The minimum Gasteiger partial charge on any atom is -0.387 e. The van der Waals surface area contributed by atoms with Crippen molar-refractivity contribution in [3.05, 3.63) is 134 Å². The van der Waals surface area contributed by atoms with E-state index in [-0.39, 0.29) is 19.1 Å². The van der Waals surface area contributed by atoms with Gasteiger partial charge in [0.25, 0.3) is 0 Å². The van der Waals surface area contributed by atoms with E-state index in [9.17, 15) is 19.4 Å². The van der Waals surface area contributed by atoms with Gasteiger partial charge in [-0.1, -0.05) is 244 Å². The Morgan fingerprint density at radius 2 is 0.813 bits per heavy atom. The summed E-state index contributed by atoms with van der Waals surface area (Å²) >= 11 is 0. The van der Waals surface area contributed by atoms with E-state index < -0.39 is 20.0 Å². The molecule has 3 atom stereocenters. The van der Waals surface area contributed by atoms with E-state index in [0.29, 0.717) is 17.4 Å². The first kappa shape index (κ1) is 71.6. The largest absolute Gasteiger partial charge is 0.472 e. The number of quaternary nitrogens is 1. The van der Waals surface area contributed by atoms with E-state index in [1.54, 1.807) is 6.08 Å². The molecule has 0 aliphatic heterocycles. The van der Waals surface area contributed by atoms with Crippen molar-refractivity contribution in [3.8, 4) is 0 Å². The van der Waals surface area contributed by atoms with E-state index in [0.717, 1.165) is 109 Å². The summed E-state index contributed by atoms with van der Waals surface area (Å²) in [6.45, 7) is 4.65. The number of hydrogen-bond acceptors (Lipinski definition) is 5. The number of rotatable bonds is 53. The first-order chi connectivity index (χ1) is 36.5. The van der Waals surface area contributed by atoms with Crippen LogP contribution >= 0.6 is 7.82 Å². The molecule has 0 heterocycles. The second-order valence-electron chi connectivity index (χ2n) is 21.0. The number of carbonyl (C=O) groups is 1. The number of nitrogens with zero attached hydrogens (tertiary/aromatic N) is 1. The molecule has 3 N–H and O–H groups in total. The second-order valence-corrected chi connectivity index (χ2v) is 22.4. The first-order valence-electron chi connectivity index (χ1n) is 30.1. The van der Waals surface area contributed by atoms with Gasteiger partial charge in [-0.3, -0.25) is 13.8 Å². The summed E-state index contributed by atoms with van der Waals surface area (Å²) in [6, 6.07) is -0.885. The Morgan fingerprint density at radius 1 is 0.467 bits per heavy atom. The van der Waals surface area contributed by atoms with Gasteiger partial charge >= 0.3 is 7.82 Å². The average Bonchev–Trinajstić information content (AvgIpc) is 3.37. The summed E-state index contributed by atoms with van der Waals surface area (Å²) in [5.41, 5.74) is 0. The van der Waals surface area contributed by atoms with Crippen LogP contribution in [0.4, 0.5) is 0 Å². The van der Waals surface area contributed by atoms with Crippen molar-refractivity contribution in [2.75, 3.05) is 40.9 Å². The van der Waals surface area contributed by atoms with E-state index in [2.05, 4.69) is 141 Å². The van der Waals surface area contributed by atoms with Crippen LogP contribution in [-0.2, 0) is 18.4 Å². The van der Waals surface area contributed by atoms with Gasteiger partial charge < -0.3 is 19.8 Å². The molecule has 0 saturated heterocycles. The number of hydrogen-bond donors (Lipinski definition) is 3. The summed E-state index contributed by atoms with van der Waals surface area (Å²) in [7, 11) is 1.52. The lowest BCUT2D eigenvalue weighted by Crippen LogP contribution is -2.45. The highest BCUT2D eigenvalue weighted by molar-refractivity contribution is 7.47. The van der Waals surface area contributed by atoms with Gasteiger partial charge in [-0.2, -0.15) is 0 Å². The Morgan fingerprint density at radius 3 is 1.23 bits per heavy atom. The second kappa shape index (κ2) is 55.4. The zero-order chi connectivity index (χ0) is 54.9.